The van der Waals surface area contributed by atoms with Gasteiger partial charge in [0.25, 0.3) is 0 Å². The number of nitrogens with zero attached hydrogens (tertiary/aromatic N) is 4. The number of hydrogen-bond acceptors (Lipinski definition) is 4. The van der Waals surface area contributed by atoms with Crippen LogP contribution in [-0.4, -0.2) is 70.3 Å². The van der Waals surface area contributed by atoms with E-state index in [1.54, 1.807) is 0 Å². The molecule has 3 aliphatic rings. The van der Waals surface area contributed by atoms with E-state index in [0.29, 0.717) is 25.4 Å². The van der Waals surface area contributed by atoms with Crippen molar-refractivity contribution in [2.24, 2.45) is 5.92 Å². The highest BCUT2D eigenvalue weighted by molar-refractivity contribution is 5.84. The van der Waals surface area contributed by atoms with E-state index >= 15 is 0 Å². The molecule has 26 heavy (non-hydrogen) atoms. The minimum atomic E-state index is -0.00196. The lowest BCUT2D eigenvalue weighted by molar-refractivity contribution is -0.144. The monoisotopic (exact) mass is 356 g/mol. The fraction of sp³-hybridized carbons (Fsp3) is 0.650. The first-order valence-electron chi connectivity index (χ1n) is 9.83. The summed E-state index contributed by atoms with van der Waals surface area (Å²) in [7, 11) is 0. The maximum Gasteiger partial charge on any atom is 0.227 e. The molecule has 0 bridgehead atoms. The van der Waals surface area contributed by atoms with Crippen molar-refractivity contribution in [2.75, 3.05) is 32.7 Å². The van der Waals surface area contributed by atoms with Gasteiger partial charge in [-0.25, -0.2) is 0 Å². The number of aryl methyl sites for hydroxylation is 1. The summed E-state index contributed by atoms with van der Waals surface area (Å²) in [5.74, 6) is 0.488. The van der Waals surface area contributed by atoms with E-state index in [1.807, 2.05) is 22.1 Å². The molecular weight excluding hydrogens is 328 g/mol. The highest BCUT2D eigenvalue weighted by Crippen LogP contribution is 2.32. The third-order valence-corrected chi connectivity index (χ3v) is 5.96. The molecule has 3 heterocycles. The lowest BCUT2D eigenvalue weighted by atomic mass is 9.95. The Labute approximate surface area is 155 Å². The number of amides is 2. The largest absolute Gasteiger partial charge is 0.340 e. The van der Waals surface area contributed by atoms with Crippen molar-refractivity contribution in [2.45, 2.75) is 45.2 Å². The van der Waals surface area contributed by atoms with Crippen LogP contribution in [0.5, 0.6) is 0 Å². The molecule has 2 aliphatic heterocycles. The van der Waals surface area contributed by atoms with Crippen LogP contribution in [0.2, 0.25) is 0 Å². The molecular formula is C20H28N4O2. The molecule has 1 saturated carbocycles. The minimum Gasteiger partial charge on any atom is -0.340 e. The van der Waals surface area contributed by atoms with Crippen molar-refractivity contribution in [1.29, 1.82) is 0 Å². The molecule has 0 N–H and O–H groups in total. The van der Waals surface area contributed by atoms with Gasteiger partial charge in [-0.1, -0.05) is 6.07 Å². The topological polar surface area (TPSA) is 56.8 Å². The highest BCUT2D eigenvalue weighted by Gasteiger charge is 2.40. The number of piperazine rings is 1. The molecule has 2 saturated heterocycles. The number of likely N-dealkylation sites (tertiary alicyclic amines) is 1. The molecule has 6 heteroatoms. The van der Waals surface area contributed by atoms with Gasteiger partial charge in [0.1, 0.15) is 0 Å². The molecule has 1 aromatic rings. The van der Waals surface area contributed by atoms with Gasteiger partial charge in [-0.05, 0) is 37.8 Å². The van der Waals surface area contributed by atoms with Gasteiger partial charge in [0.15, 0.2) is 0 Å². The highest BCUT2D eigenvalue weighted by atomic mass is 16.2. The first kappa shape index (κ1) is 17.5. The second kappa shape index (κ2) is 7.35. The zero-order valence-corrected chi connectivity index (χ0v) is 15.6. The summed E-state index contributed by atoms with van der Waals surface area (Å²) in [4.78, 5) is 35.8. The van der Waals surface area contributed by atoms with Gasteiger partial charge in [0.05, 0.1) is 11.6 Å². The predicted molar refractivity (Wildman–Crippen MR) is 98.3 cm³/mol. The van der Waals surface area contributed by atoms with Gasteiger partial charge in [-0.15, -0.1) is 0 Å². The summed E-state index contributed by atoms with van der Waals surface area (Å²) in [6.07, 6.45) is 5.31. The van der Waals surface area contributed by atoms with E-state index in [0.717, 1.165) is 51.3 Å². The summed E-state index contributed by atoms with van der Waals surface area (Å²) < 4.78 is 0. The molecule has 4 rings (SSSR count). The molecule has 1 unspecified atom stereocenters. The Hall–Kier alpha value is -1.95. The van der Waals surface area contributed by atoms with Crippen LogP contribution in [0.15, 0.2) is 18.3 Å². The summed E-state index contributed by atoms with van der Waals surface area (Å²) in [5.41, 5.74) is 2.34. The molecule has 1 aromatic heterocycles. The maximum atomic E-state index is 12.9. The van der Waals surface area contributed by atoms with Crippen LogP contribution in [0.3, 0.4) is 0 Å². The molecule has 0 spiro atoms. The zero-order chi connectivity index (χ0) is 18.1. The SMILES string of the molecule is Cc1cccnc1CN1CCN(C(=O)C2CCC(=O)N(C3CC3)C2)CC1. The Kier molecular flexibility index (Phi) is 4.94. The average molecular weight is 356 g/mol. The number of rotatable bonds is 4. The van der Waals surface area contributed by atoms with Crippen molar-refractivity contribution < 1.29 is 9.59 Å². The van der Waals surface area contributed by atoms with Crippen molar-refractivity contribution in [3.05, 3.63) is 29.6 Å². The molecule has 2 amide bonds. The normalized spacial score (nSPS) is 24.8. The van der Waals surface area contributed by atoms with Gasteiger partial charge in [-0.2, -0.15) is 0 Å². The first-order chi connectivity index (χ1) is 12.6. The first-order valence-corrected chi connectivity index (χ1v) is 9.83. The van der Waals surface area contributed by atoms with E-state index in [1.165, 1.54) is 5.56 Å². The summed E-state index contributed by atoms with van der Waals surface area (Å²) in [6, 6.07) is 4.48. The molecule has 6 nitrogen and oxygen atoms in total. The average Bonchev–Trinajstić information content (AvgIpc) is 3.49. The van der Waals surface area contributed by atoms with Crippen LogP contribution < -0.4 is 0 Å². The number of carbonyl (C=O) groups excluding carboxylic acids is 2. The van der Waals surface area contributed by atoms with Gasteiger partial charge in [-0.3, -0.25) is 19.5 Å². The summed E-state index contributed by atoms with van der Waals surface area (Å²) in [5, 5.41) is 0. The second-order valence-corrected chi connectivity index (χ2v) is 7.88. The van der Waals surface area contributed by atoms with Crippen molar-refractivity contribution in [3.8, 4) is 0 Å². The predicted octanol–water partition coefficient (Wildman–Crippen LogP) is 1.44. The van der Waals surface area contributed by atoms with Crippen LogP contribution in [0.1, 0.15) is 36.9 Å². The molecule has 3 fully saturated rings. The molecule has 0 aromatic carbocycles. The van der Waals surface area contributed by atoms with E-state index in [9.17, 15) is 9.59 Å². The lowest BCUT2D eigenvalue weighted by Gasteiger charge is -2.39. The van der Waals surface area contributed by atoms with E-state index < -0.39 is 0 Å². The molecule has 0 radical (unpaired) electrons. The van der Waals surface area contributed by atoms with Crippen LogP contribution in [-0.2, 0) is 16.1 Å². The van der Waals surface area contributed by atoms with Gasteiger partial charge in [0, 0.05) is 57.9 Å². The van der Waals surface area contributed by atoms with E-state index in [2.05, 4.69) is 22.9 Å². The molecule has 140 valence electrons. The summed E-state index contributed by atoms with van der Waals surface area (Å²) in [6.45, 7) is 6.91. The van der Waals surface area contributed by atoms with E-state index in [-0.39, 0.29) is 17.7 Å². The summed E-state index contributed by atoms with van der Waals surface area (Å²) >= 11 is 0. The van der Waals surface area contributed by atoms with Gasteiger partial charge >= 0.3 is 0 Å². The quantitative estimate of drug-likeness (QED) is 0.819. The number of pyridine rings is 1. The Balaban J connectivity index is 1.29. The third kappa shape index (κ3) is 3.75. The number of piperidine rings is 1. The Morgan fingerprint density at radius 1 is 1.19 bits per heavy atom. The van der Waals surface area contributed by atoms with Crippen LogP contribution in [0, 0.1) is 12.8 Å². The standard InChI is InChI=1S/C20H28N4O2/c1-15-3-2-8-21-18(15)14-22-9-11-23(12-10-22)20(26)16-4-7-19(25)24(13-16)17-5-6-17/h2-3,8,16-17H,4-7,9-14H2,1H3. The second-order valence-electron chi connectivity index (χ2n) is 7.88. The Morgan fingerprint density at radius 3 is 2.65 bits per heavy atom. The smallest absolute Gasteiger partial charge is 0.227 e. The lowest BCUT2D eigenvalue weighted by Crippen LogP contribution is -2.53. The van der Waals surface area contributed by atoms with Crippen molar-refractivity contribution in [3.63, 3.8) is 0 Å². The number of hydrogen-bond donors (Lipinski definition) is 0. The van der Waals surface area contributed by atoms with Crippen molar-refractivity contribution in [1.82, 2.24) is 19.7 Å². The molecule has 1 atom stereocenters. The Bertz CT molecular complexity index is 680. The Morgan fingerprint density at radius 2 is 1.96 bits per heavy atom. The fourth-order valence-corrected chi connectivity index (χ4v) is 4.09. The number of carbonyl (C=O) groups is 2. The minimum absolute atomic E-state index is 0.00196. The zero-order valence-electron chi connectivity index (χ0n) is 15.6. The van der Waals surface area contributed by atoms with Crippen LogP contribution in [0.4, 0.5) is 0 Å². The van der Waals surface area contributed by atoms with Crippen LogP contribution >= 0.6 is 0 Å². The van der Waals surface area contributed by atoms with Crippen LogP contribution in [0.25, 0.3) is 0 Å². The van der Waals surface area contributed by atoms with Crippen molar-refractivity contribution >= 4 is 11.8 Å². The van der Waals surface area contributed by atoms with Gasteiger partial charge < -0.3 is 9.80 Å². The van der Waals surface area contributed by atoms with Gasteiger partial charge in [0.2, 0.25) is 11.8 Å². The third-order valence-electron chi connectivity index (χ3n) is 5.96. The fourth-order valence-electron chi connectivity index (χ4n) is 4.09. The van der Waals surface area contributed by atoms with E-state index in [4.69, 9.17) is 0 Å². The number of aromatic nitrogens is 1. The maximum absolute atomic E-state index is 12.9. The molecule has 1 aliphatic carbocycles.